The van der Waals surface area contributed by atoms with E-state index < -0.39 is 0 Å². The smallest absolute Gasteiger partial charge is 0.175 e. The van der Waals surface area contributed by atoms with E-state index in [4.69, 9.17) is 4.74 Å². The minimum atomic E-state index is -0.358. The van der Waals surface area contributed by atoms with E-state index in [-0.39, 0.29) is 17.8 Å². The summed E-state index contributed by atoms with van der Waals surface area (Å²) in [6.07, 6.45) is 2.08. The van der Waals surface area contributed by atoms with Gasteiger partial charge in [-0.25, -0.2) is 0 Å². The zero-order chi connectivity index (χ0) is 14.8. The Morgan fingerprint density at radius 3 is 2.35 bits per heavy atom. The number of ketones is 1. The van der Waals surface area contributed by atoms with Crippen LogP contribution in [0.15, 0.2) is 41.8 Å². The summed E-state index contributed by atoms with van der Waals surface area (Å²) in [7, 11) is 3.39. The number of Topliss-reactive ketones (excluding diaryl/α,β-unsaturated/α-hetero) is 1. The summed E-state index contributed by atoms with van der Waals surface area (Å²) >= 11 is 0. The molecule has 0 N–H and O–H groups in total. The van der Waals surface area contributed by atoms with E-state index in [1.54, 1.807) is 21.6 Å². The summed E-state index contributed by atoms with van der Waals surface area (Å²) in [5.41, 5.74) is 0.790. The zero-order valence-electron chi connectivity index (χ0n) is 11.9. The Balaban J connectivity index is 1.97. The van der Waals surface area contributed by atoms with Crippen LogP contribution in [0, 0.1) is 5.41 Å². The maximum absolute atomic E-state index is 11.8. The number of benzene rings is 1. The first kappa shape index (κ1) is 15.3. The molecule has 20 heavy (non-hydrogen) atoms. The standard InChI is InChI=1S/C16H18O2S2/c1-11-9-14(20-19-11)12-5-7-13(8-6-12)18-10-15(17)16(2,3)4/h5-9H,1,10H2,2-4H3. The van der Waals surface area contributed by atoms with Crippen LogP contribution in [0.1, 0.15) is 26.3 Å². The first-order valence-electron chi connectivity index (χ1n) is 6.38. The molecule has 2 nitrogen and oxygen atoms in total. The van der Waals surface area contributed by atoms with E-state index in [1.807, 2.05) is 45.0 Å². The third kappa shape index (κ3) is 3.93. The zero-order valence-corrected chi connectivity index (χ0v) is 13.6. The van der Waals surface area contributed by atoms with Gasteiger partial charge >= 0.3 is 0 Å². The fraction of sp³-hybridized carbons (Fsp3) is 0.312. The molecule has 1 aliphatic heterocycles. The average molecular weight is 306 g/mol. The molecule has 1 aliphatic rings. The van der Waals surface area contributed by atoms with Gasteiger partial charge in [0.15, 0.2) is 5.78 Å². The molecule has 0 saturated heterocycles. The maximum Gasteiger partial charge on any atom is 0.175 e. The second kappa shape index (κ2) is 6.10. The van der Waals surface area contributed by atoms with Crippen LogP contribution in [0.25, 0.3) is 4.91 Å². The van der Waals surface area contributed by atoms with E-state index >= 15 is 0 Å². The van der Waals surface area contributed by atoms with Gasteiger partial charge in [-0.1, -0.05) is 61.1 Å². The van der Waals surface area contributed by atoms with Crippen molar-refractivity contribution in [3.63, 3.8) is 0 Å². The lowest BCUT2D eigenvalue weighted by Crippen LogP contribution is -2.26. The Morgan fingerprint density at radius 2 is 1.85 bits per heavy atom. The molecule has 0 fully saturated rings. The van der Waals surface area contributed by atoms with E-state index in [1.165, 1.54) is 4.91 Å². The first-order chi connectivity index (χ1) is 9.36. The van der Waals surface area contributed by atoms with Gasteiger partial charge in [0.2, 0.25) is 0 Å². The lowest BCUT2D eigenvalue weighted by Gasteiger charge is -2.16. The second-order valence-corrected chi connectivity index (χ2v) is 7.93. The van der Waals surface area contributed by atoms with Crippen molar-refractivity contribution in [1.82, 2.24) is 0 Å². The Bertz CT molecular complexity index is 551. The Labute approximate surface area is 128 Å². The van der Waals surface area contributed by atoms with Crippen molar-refractivity contribution in [3.8, 4) is 5.75 Å². The minimum Gasteiger partial charge on any atom is -0.486 e. The molecule has 106 valence electrons. The highest BCUT2D eigenvalue weighted by Crippen LogP contribution is 2.48. The highest BCUT2D eigenvalue weighted by molar-refractivity contribution is 8.82. The van der Waals surface area contributed by atoms with Crippen molar-refractivity contribution in [2.45, 2.75) is 20.8 Å². The molecular weight excluding hydrogens is 288 g/mol. The van der Waals surface area contributed by atoms with Crippen molar-refractivity contribution >= 4 is 32.3 Å². The van der Waals surface area contributed by atoms with Crippen molar-refractivity contribution < 1.29 is 9.53 Å². The van der Waals surface area contributed by atoms with Gasteiger partial charge in [0.05, 0.1) is 0 Å². The predicted octanol–water partition coefficient (Wildman–Crippen LogP) is 4.93. The number of rotatable bonds is 4. The van der Waals surface area contributed by atoms with Crippen molar-refractivity contribution in [3.05, 3.63) is 47.4 Å². The first-order valence-corrected chi connectivity index (χ1v) is 8.53. The molecule has 1 aromatic carbocycles. The van der Waals surface area contributed by atoms with Crippen molar-refractivity contribution in [1.29, 1.82) is 0 Å². The summed E-state index contributed by atoms with van der Waals surface area (Å²) < 4.78 is 5.53. The third-order valence-electron chi connectivity index (χ3n) is 2.88. The number of allylic oxidation sites excluding steroid dienone is 1. The Kier molecular flexibility index (Phi) is 4.66. The molecule has 0 aromatic heterocycles. The summed E-state index contributed by atoms with van der Waals surface area (Å²) in [5.74, 6) is 0.824. The van der Waals surface area contributed by atoms with E-state index in [2.05, 4.69) is 12.7 Å². The van der Waals surface area contributed by atoms with Gasteiger partial charge in [-0.3, -0.25) is 4.79 Å². The van der Waals surface area contributed by atoms with E-state index in [0.717, 1.165) is 16.2 Å². The van der Waals surface area contributed by atoms with Crippen LogP contribution in [0.5, 0.6) is 5.75 Å². The lowest BCUT2D eigenvalue weighted by molar-refractivity contribution is -0.128. The fourth-order valence-corrected chi connectivity index (χ4v) is 3.53. The number of carbonyl (C=O) groups excluding carboxylic acids is 1. The summed E-state index contributed by atoms with van der Waals surface area (Å²) in [5, 5.41) is 0. The molecule has 0 amide bonds. The molecule has 0 spiro atoms. The molecule has 1 heterocycles. The second-order valence-electron chi connectivity index (χ2n) is 5.63. The SMILES string of the molecule is C=C1C=C(c2ccc(OCC(=O)C(C)(C)C)cc2)SS1. The molecule has 0 bridgehead atoms. The molecule has 0 saturated carbocycles. The van der Waals surface area contributed by atoms with Gasteiger partial charge in [-0.05, 0) is 23.8 Å². The minimum absolute atomic E-state index is 0.100. The van der Waals surface area contributed by atoms with E-state index in [0.29, 0.717) is 0 Å². The van der Waals surface area contributed by atoms with Crippen LogP contribution in [-0.2, 0) is 4.79 Å². The van der Waals surface area contributed by atoms with Crippen LogP contribution in [0.2, 0.25) is 0 Å². The quantitative estimate of drug-likeness (QED) is 0.737. The van der Waals surface area contributed by atoms with Gasteiger partial charge in [0.25, 0.3) is 0 Å². The normalized spacial score (nSPS) is 15.2. The monoisotopic (exact) mass is 306 g/mol. The van der Waals surface area contributed by atoms with Crippen LogP contribution in [-0.4, -0.2) is 12.4 Å². The molecule has 4 heteroatoms. The average Bonchev–Trinajstić information content (AvgIpc) is 2.82. The van der Waals surface area contributed by atoms with Crippen LogP contribution < -0.4 is 4.74 Å². The number of carbonyl (C=O) groups is 1. The highest BCUT2D eigenvalue weighted by Gasteiger charge is 2.21. The lowest BCUT2D eigenvalue weighted by atomic mass is 9.91. The van der Waals surface area contributed by atoms with Crippen LogP contribution in [0.3, 0.4) is 0 Å². The van der Waals surface area contributed by atoms with Gasteiger partial charge in [0.1, 0.15) is 12.4 Å². The molecule has 0 unspecified atom stereocenters. The molecule has 0 radical (unpaired) electrons. The van der Waals surface area contributed by atoms with Gasteiger partial charge in [0, 0.05) is 15.2 Å². The third-order valence-corrected chi connectivity index (χ3v) is 5.26. The predicted molar refractivity (Wildman–Crippen MR) is 88.7 cm³/mol. The van der Waals surface area contributed by atoms with Gasteiger partial charge in [-0.15, -0.1) is 0 Å². The molecule has 1 aromatic rings. The van der Waals surface area contributed by atoms with E-state index in [9.17, 15) is 4.79 Å². The molecule has 0 atom stereocenters. The Hall–Kier alpha value is -1.13. The fourth-order valence-electron chi connectivity index (χ4n) is 1.50. The number of ether oxygens (including phenoxy) is 1. The Morgan fingerprint density at radius 1 is 1.20 bits per heavy atom. The number of hydrogen-bond acceptors (Lipinski definition) is 4. The largest absolute Gasteiger partial charge is 0.486 e. The molecule has 2 rings (SSSR count). The van der Waals surface area contributed by atoms with Gasteiger partial charge in [-0.2, -0.15) is 0 Å². The molecular formula is C16H18O2S2. The topological polar surface area (TPSA) is 26.3 Å². The summed E-state index contributed by atoms with van der Waals surface area (Å²) in [6, 6.07) is 7.82. The maximum atomic E-state index is 11.8. The summed E-state index contributed by atoms with van der Waals surface area (Å²) in [6.45, 7) is 9.74. The van der Waals surface area contributed by atoms with Crippen LogP contribution in [0.4, 0.5) is 0 Å². The molecule has 0 aliphatic carbocycles. The van der Waals surface area contributed by atoms with Crippen molar-refractivity contribution in [2.75, 3.05) is 6.61 Å². The van der Waals surface area contributed by atoms with Crippen LogP contribution >= 0.6 is 21.6 Å². The van der Waals surface area contributed by atoms with Crippen molar-refractivity contribution in [2.24, 2.45) is 5.41 Å². The highest BCUT2D eigenvalue weighted by atomic mass is 33.1. The van der Waals surface area contributed by atoms with Gasteiger partial charge < -0.3 is 4.74 Å². The summed E-state index contributed by atoms with van der Waals surface area (Å²) in [4.78, 5) is 14.1. The number of hydrogen-bond donors (Lipinski definition) is 0.